The fraction of sp³-hybridized carbons (Fsp3) is 0.0833. The molecule has 86 valence electrons. The maximum absolute atomic E-state index is 9.92. The minimum Gasteiger partial charge on any atom is -0.507 e. The Hall–Kier alpha value is -2.43. The molecule has 0 radical (unpaired) electrons. The van der Waals surface area contributed by atoms with Gasteiger partial charge < -0.3 is 10.8 Å². The van der Waals surface area contributed by atoms with Crippen molar-refractivity contribution in [2.24, 2.45) is 16.0 Å². The van der Waals surface area contributed by atoms with Crippen molar-refractivity contribution < 1.29 is 5.11 Å². The van der Waals surface area contributed by atoms with Crippen LogP contribution in [0.5, 0.6) is 5.75 Å². The summed E-state index contributed by atoms with van der Waals surface area (Å²) >= 11 is 0. The number of aryl methyl sites for hydroxylation is 1. The summed E-state index contributed by atoms with van der Waals surface area (Å²) < 4.78 is 0. The molecule has 4 N–H and O–H groups in total. The van der Waals surface area contributed by atoms with Crippen LogP contribution in [-0.2, 0) is 0 Å². The van der Waals surface area contributed by atoms with Crippen LogP contribution in [0.25, 0.3) is 10.8 Å². The van der Waals surface area contributed by atoms with Gasteiger partial charge in [0, 0.05) is 10.8 Å². The summed E-state index contributed by atoms with van der Waals surface area (Å²) in [5.41, 5.74) is 6.42. The van der Waals surface area contributed by atoms with Crippen molar-refractivity contribution in [3.05, 3.63) is 35.9 Å². The third-order valence-corrected chi connectivity index (χ3v) is 2.45. The van der Waals surface area contributed by atoms with Gasteiger partial charge in [0.1, 0.15) is 5.75 Å². The average Bonchev–Trinajstić information content (AvgIpc) is 2.32. The van der Waals surface area contributed by atoms with Crippen molar-refractivity contribution in [2.45, 2.75) is 6.92 Å². The highest BCUT2D eigenvalue weighted by Crippen LogP contribution is 2.35. The molecule has 0 unspecified atom stereocenters. The van der Waals surface area contributed by atoms with Gasteiger partial charge in [-0.15, -0.1) is 10.2 Å². The number of aromatic hydroxyl groups is 1. The summed E-state index contributed by atoms with van der Waals surface area (Å²) in [5.74, 6) is -0.109. The Kier molecular flexibility index (Phi) is 2.74. The zero-order chi connectivity index (χ0) is 12.4. The largest absolute Gasteiger partial charge is 0.507 e. The van der Waals surface area contributed by atoms with Crippen LogP contribution in [0.3, 0.4) is 0 Å². The zero-order valence-corrected chi connectivity index (χ0v) is 9.31. The lowest BCUT2D eigenvalue weighted by Gasteiger charge is -2.06. The number of nitrogens with two attached hydrogens (primary N) is 1. The van der Waals surface area contributed by atoms with Crippen molar-refractivity contribution in [1.82, 2.24) is 0 Å². The van der Waals surface area contributed by atoms with Crippen LogP contribution in [0.4, 0.5) is 5.69 Å². The summed E-state index contributed by atoms with van der Waals surface area (Å²) in [7, 11) is 0. The molecule has 0 fully saturated rings. The van der Waals surface area contributed by atoms with E-state index in [1.165, 1.54) is 0 Å². The molecule has 0 saturated carbocycles. The SMILES string of the molecule is Cc1cc(N=NC(=N)N)c2ccccc2c1O. The summed E-state index contributed by atoms with van der Waals surface area (Å²) in [5, 5.41) is 25.8. The molecule has 0 amide bonds. The van der Waals surface area contributed by atoms with Crippen molar-refractivity contribution in [2.75, 3.05) is 0 Å². The second-order valence-corrected chi connectivity index (χ2v) is 3.69. The maximum atomic E-state index is 9.92. The van der Waals surface area contributed by atoms with Gasteiger partial charge in [0.05, 0.1) is 5.69 Å². The predicted molar refractivity (Wildman–Crippen MR) is 66.8 cm³/mol. The highest BCUT2D eigenvalue weighted by molar-refractivity contribution is 5.97. The number of guanidine groups is 1. The Balaban J connectivity index is 2.71. The lowest BCUT2D eigenvalue weighted by atomic mass is 10.0. The first-order valence-electron chi connectivity index (χ1n) is 5.06. The van der Waals surface area contributed by atoms with Crippen LogP contribution >= 0.6 is 0 Å². The summed E-state index contributed by atoms with van der Waals surface area (Å²) in [6, 6.07) is 9.05. The second kappa shape index (κ2) is 4.21. The Morgan fingerprint density at radius 1 is 1.29 bits per heavy atom. The predicted octanol–water partition coefficient (Wildman–Crippen LogP) is 2.83. The van der Waals surface area contributed by atoms with Crippen molar-refractivity contribution in [3.63, 3.8) is 0 Å². The van der Waals surface area contributed by atoms with Gasteiger partial charge in [0.25, 0.3) is 0 Å². The molecule has 2 aromatic rings. The topological polar surface area (TPSA) is 94.8 Å². The summed E-state index contributed by atoms with van der Waals surface area (Å²) in [6.45, 7) is 1.79. The second-order valence-electron chi connectivity index (χ2n) is 3.69. The number of hydrogen-bond donors (Lipinski definition) is 3. The molecule has 0 aromatic heterocycles. The standard InChI is InChI=1S/C12H12N4O/c1-7-6-10(15-16-12(13)14)8-4-2-3-5-9(8)11(7)17/h2-6,17H,1H3,(H3,13,14). The van der Waals surface area contributed by atoms with Crippen LogP contribution in [0, 0.1) is 12.3 Å². The Morgan fingerprint density at radius 3 is 2.59 bits per heavy atom. The summed E-state index contributed by atoms with van der Waals surface area (Å²) in [6.07, 6.45) is 0. The lowest BCUT2D eigenvalue weighted by molar-refractivity contribution is 0.477. The molecule has 0 aliphatic heterocycles. The van der Waals surface area contributed by atoms with Crippen LogP contribution in [0.2, 0.25) is 0 Å². The van der Waals surface area contributed by atoms with E-state index in [2.05, 4.69) is 10.2 Å². The van der Waals surface area contributed by atoms with E-state index in [9.17, 15) is 5.11 Å². The molecule has 2 rings (SSSR count). The maximum Gasteiger partial charge on any atom is 0.232 e. The molecule has 0 saturated heterocycles. The van der Waals surface area contributed by atoms with E-state index in [1.807, 2.05) is 24.3 Å². The number of azo groups is 1. The first-order valence-corrected chi connectivity index (χ1v) is 5.06. The van der Waals surface area contributed by atoms with E-state index in [0.717, 1.165) is 5.39 Å². The van der Waals surface area contributed by atoms with Crippen molar-refractivity contribution >= 4 is 22.4 Å². The van der Waals surface area contributed by atoms with Crippen LogP contribution in [0.1, 0.15) is 5.56 Å². The molecular weight excluding hydrogens is 216 g/mol. The van der Waals surface area contributed by atoms with Gasteiger partial charge >= 0.3 is 0 Å². The van der Waals surface area contributed by atoms with Crippen LogP contribution in [-0.4, -0.2) is 11.1 Å². The van der Waals surface area contributed by atoms with E-state index >= 15 is 0 Å². The first-order chi connectivity index (χ1) is 8.09. The minimum absolute atomic E-state index is 0.238. The highest BCUT2D eigenvalue weighted by atomic mass is 16.3. The van der Waals surface area contributed by atoms with E-state index in [-0.39, 0.29) is 11.7 Å². The molecule has 5 nitrogen and oxygen atoms in total. The van der Waals surface area contributed by atoms with Gasteiger partial charge in [-0.1, -0.05) is 24.3 Å². The van der Waals surface area contributed by atoms with E-state index in [1.54, 1.807) is 13.0 Å². The molecule has 5 heteroatoms. The molecular formula is C12H12N4O. The van der Waals surface area contributed by atoms with Gasteiger partial charge in [-0.05, 0) is 18.6 Å². The number of nitrogens with zero attached hydrogens (tertiary/aromatic N) is 2. The third kappa shape index (κ3) is 2.08. The molecule has 2 aromatic carbocycles. The number of phenolic OH excluding ortho intramolecular Hbond substituents is 1. The number of rotatable bonds is 1. The zero-order valence-electron chi connectivity index (χ0n) is 9.31. The molecule has 0 bridgehead atoms. The number of fused-ring (bicyclic) bond motifs is 1. The van der Waals surface area contributed by atoms with Crippen LogP contribution in [0.15, 0.2) is 40.6 Å². The van der Waals surface area contributed by atoms with Gasteiger partial charge in [-0.25, -0.2) is 0 Å². The third-order valence-electron chi connectivity index (χ3n) is 2.45. The normalized spacial score (nSPS) is 11.1. The van der Waals surface area contributed by atoms with E-state index < -0.39 is 0 Å². The quantitative estimate of drug-likeness (QED) is 0.397. The smallest absolute Gasteiger partial charge is 0.232 e. The van der Waals surface area contributed by atoms with Crippen molar-refractivity contribution in [1.29, 1.82) is 5.41 Å². The molecule has 0 spiro atoms. The number of phenols is 1. The van der Waals surface area contributed by atoms with E-state index in [4.69, 9.17) is 11.1 Å². The van der Waals surface area contributed by atoms with Crippen LogP contribution < -0.4 is 5.73 Å². The number of benzene rings is 2. The monoisotopic (exact) mass is 228 g/mol. The molecule has 0 atom stereocenters. The first kappa shape index (κ1) is 11.1. The van der Waals surface area contributed by atoms with Gasteiger partial charge in [0.2, 0.25) is 5.96 Å². The van der Waals surface area contributed by atoms with E-state index in [0.29, 0.717) is 16.6 Å². The molecule has 0 aliphatic carbocycles. The lowest BCUT2D eigenvalue weighted by Crippen LogP contribution is -2.03. The number of nitrogens with one attached hydrogen (secondary N) is 1. The Labute approximate surface area is 98.1 Å². The fourth-order valence-electron chi connectivity index (χ4n) is 1.67. The molecule has 17 heavy (non-hydrogen) atoms. The van der Waals surface area contributed by atoms with Crippen molar-refractivity contribution in [3.8, 4) is 5.75 Å². The summed E-state index contributed by atoms with van der Waals surface area (Å²) in [4.78, 5) is 0. The van der Waals surface area contributed by atoms with Gasteiger partial charge in [0.15, 0.2) is 0 Å². The Bertz CT molecular complexity index is 619. The Morgan fingerprint density at radius 2 is 1.94 bits per heavy atom. The number of hydrogen-bond acceptors (Lipinski definition) is 3. The molecule has 0 aliphatic rings. The highest BCUT2D eigenvalue weighted by Gasteiger charge is 2.07. The fourth-order valence-corrected chi connectivity index (χ4v) is 1.67. The molecule has 0 heterocycles. The minimum atomic E-state index is -0.347. The average molecular weight is 228 g/mol. The van der Waals surface area contributed by atoms with Gasteiger partial charge in [-0.3, -0.25) is 5.41 Å². The van der Waals surface area contributed by atoms with Gasteiger partial charge in [-0.2, -0.15) is 0 Å².